The summed E-state index contributed by atoms with van der Waals surface area (Å²) in [7, 11) is 0. The second-order valence-electron chi connectivity index (χ2n) is 8.97. The predicted molar refractivity (Wildman–Crippen MR) is 88.6 cm³/mol. The van der Waals surface area contributed by atoms with E-state index in [1.807, 2.05) is 0 Å². The smallest absolute Gasteiger partial charge is 0.309 e. The van der Waals surface area contributed by atoms with Crippen LogP contribution in [0.4, 0.5) is 0 Å². The van der Waals surface area contributed by atoms with E-state index in [0.717, 1.165) is 62.2 Å². The van der Waals surface area contributed by atoms with E-state index in [2.05, 4.69) is 26.0 Å². The molecular weight excluding hydrogens is 288 g/mol. The molecule has 3 nitrogen and oxygen atoms in total. The van der Waals surface area contributed by atoms with Gasteiger partial charge in [0.15, 0.2) is 0 Å². The normalized spacial score (nSPS) is 45.3. The lowest BCUT2D eigenvalue weighted by Crippen LogP contribution is -2.40. The van der Waals surface area contributed by atoms with Gasteiger partial charge in [0.05, 0.1) is 12.0 Å². The number of ether oxygens (including phenoxy) is 1. The Bertz CT molecular complexity index is 481. The molecule has 0 spiro atoms. The fourth-order valence-electron chi connectivity index (χ4n) is 5.87. The topological polar surface area (TPSA) is 46.5 Å². The number of allylic oxidation sites excluding steroid dienone is 2. The number of fused-ring (bicyclic) bond motifs is 5. The molecule has 0 aromatic carbocycles. The van der Waals surface area contributed by atoms with E-state index < -0.39 is 5.60 Å². The molecule has 4 rings (SSSR count). The molecule has 0 amide bonds. The van der Waals surface area contributed by atoms with Gasteiger partial charge in [-0.05, 0) is 88.4 Å². The Balaban J connectivity index is 1.35. The third-order valence-corrected chi connectivity index (χ3v) is 7.29. The summed E-state index contributed by atoms with van der Waals surface area (Å²) in [5, 5.41) is 9.68. The summed E-state index contributed by atoms with van der Waals surface area (Å²) in [5.41, 5.74) is -0.397. The summed E-state index contributed by atoms with van der Waals surface area (Å²) in [6, 6.07) is 0. The molecular formula is C20H30O3. The lowest BCUT2D eigenvalue weighted by Gasteiger charge is -2.38. The Hall–Kier alpha value is -0.830. The highest BCUT2D eigenvalue weighted by molar-refractivity contribution is 5.73. The van der Waals surface area contributed by atoms with Crippen LogP contribution in [0.3, 0.4) is 0 Å². The molecule has 4 unspecified atom stereocenters. The van der Waals surface area contributed by atoms with Crippen molar-refractivity contribution in [3.05, 3.63) is 12.2 Å². The molecule has 128 valence electrons. The van der Waals surface area contributed by atoms with E-state index in [-0.39, 0.29) is 18.0 Å². The fraction of sp³-hybridized carbons (Fsp3) is 0.850. The number of aliphatic hydroxyl groups excluding tert-OH is 1. The molecule has 3 heteroatoms. The van der Waals surface area contributed by atoms with Crippen LogP contribution in [0.2, 0.25) is 0 Å². The van der Waals surface area contributed by atoms with Crippen LogP contribution in [0.1, 0.15) is 58.8 Å². The number of hydrogen-bond donors (Lipinski definition) is 1. The van der Waals surface area contributed by atoms with E-state index in [0.29, 0.717) is 5.92 Å². The molecule has 3 saturated carbocycles. The minimum absolute atomic E-state index is 0.0370. The molecule has 2 bridgehead atoms. The SMILES string of the molecule is CC(C)(OC(=O)C1CC2C3C=CC(C3)C2C1)C1CCC(O)CC1. The molecule has 0 saturated heterocycles. The van der Waals surface area contributed by atoms with Gasteiger partial charge in [-0.1, -0.05) is 12.2 Å². The predicted octanol–water partition coefficient (Wildman–Crippen LogP) is 3.71. The molecule has 3 fully saturated rings. The van der Waals surface area contributed by atoms with Crippen molar-refractivity contribution >= 4 is 5.97 Å². The van der Waals surface area contributed by atoms with E-state index in [4.69, 9.17) is 4.74 Å². The zero-order valence-corrected chi connectivity index (χ0v) is 14.4. The minimum atomic E-state index is -0.397. The first-order chi connectivity index (χ1) is 10.9. The summed E-state index contributed by atoms with van der Waals surface area (Å²) in [4.78, 5) is 12.7. The monoisotopic (exact) mass is 318 g/mol. The van der Waals surface area contributed by atoms with Crippen molar-refractivity contribution in [2.75, 3.05) is 0 Å². The van der Waals surface area contributed by atoms with Crippen molar-refractivity contribution in [1.82, 2.24) is 0 Å². The fourth-order valence-corrected chi connectivity index (χ4v) is 5.87. The minimum Gasteiger partial charge on any atom is -0.459 e. The molecule has 4 atom stereocenters. The van der Waals surface area contributed by atoms with Crippen molar-refractivity contribution in [1.29, 1.82) is 0 Å². The van der Waals surface area contributed by atoms with Crippen LogP contribution in [-0.4, -0.2) is 22.8 Å². The standard InChI is InChI=1S/C20H30O3/c1-20(2,15-5-7-16(21)8-6-15)23-19(22)14-10-17-12-3-4-13(9-12)18(17)11-14/h3-4,12-18,21H,5-11H2,1-2H3. The first-order valence-corrected chi connectivity index (χ1v) is 9.53. The van der Waals surface area contributed by atoms with Crippen LogP contribution in [-0.2, 0) is 9.53 Å². The summed E-state index contributed by atoms with van der Waals surface area (Å²) >= 11 is 0. The summed E-state index contributed by atoms with van der Waals surface area (Å²) < 4.78 is 6.01. The third-order valence-electron chi connectivity index (χ3n) is 7.29. The third kappa shape index (κ3) is 2.75. The lowest BCUT2D eigenvalue weighted by molar-refractivity contribution is -0.169. The zero-order chi connectivity index (χ0) is 16.2. The van der Waals surface area contributed by atoms with Gasteiger partial charge >= 0.3 is 5.97 Å². The highest BCUT2D eigenvalue weighted by atomic mass is 16.6. The van der Waals surface area contributed by atoms with Gasteiger partial charge in [-0.15, -0.1) is 0 Å². The van der Waals surface area contributed by atoms with Gasteiger partial charge in [0.1, 0.15) is 5.60 Å². The van der Waals surface area contributed by atoms with Crippen LogP contribution in [0, 0.1) is 35.5 Å². The molecule has 0 aliphatic heterocycles. The van der Waals surface area contributed by atoms with E-state index in [1.54, 1.807) is 0 Å². The van der Waals surface area contributed by atoms with Crippen LogP contribution in [0.25, 0.3) is 0 Å². The van der Waals surface area contributed by atoms with Gasteiger partial charge in [0.2, 0.25) is 0 Å². The molecule has 0 aromatic heterocycles. The maximum atomic E-state index is 12.7. The van der Waals surface area contributed by atoms with Crippen LogP contribution >= 0.6 is 0 Å². The number of carbonyl (C=O) groups is 1. The number of carbonyl (C=O) groups excluding carboxylic acids is 1. The molecule has 0 radical (unpaired) electrons. The van der Waals surface area contributed by atoms with Crippen molar-refractivity contribution in [3.8, 4) is 0 Å². The molecule has 0 aromatic rings. The quantitative estimate of drug-likeness (QED) is 0.637. The van der Waals surface area contributed by atoms with E-state index >= 15 is 0 Å². The van der Waals surface area contributed by atoms with Crippen LogP contribution in [0.5, 0.6) is 0 Å². The Morgan fingerprint density at radius 1 is 1.00 bits per heavy atom. The molecule has 0 heterocycles. The molecule has 4 aliphatic rings. The van der Waals surface area contributed by atoms with Gasteiger partial charge in [-0.2, -0.15) is 0 Å². The lowest BCUT2D eigenvalue weighted by atomic mass is 9.77. The maximum Gasteiger partial charge on any atom is 0.309 e. The first kappa shape index (κ1) is 15.7. The van der Waals surface area contributed by atoms with Crippen LogP contribution in [0.15, 0.2) is 12.2 Å². The van der Waals surface area contributed by atoms with Crippen molar-refractivity contribution < 1.29 is 14.6 Å². The number of aliphatic hydroxyl groups is 1. The van der Waals surface area contributed by atoms with Gasteiger partial charge in [-0.25, -0.2) is 0 Å². The second-order valence-corrected chi connectivity index (χ2v) is 8.97. The van der Waals surface area contributed by atoms with Crippen molar-refractivity contribution in [3.63, 3.8) is 0 Å². The largest absolute Gasteiger partial charge is 0.459 e. The Morgan fingerprint density at radius 2 is 1.57 bits per heavy atom. The zero-order valence-electron chi connectivity index (χ0n) is 14.4. The molecule has 1 N–H and O–H groups in total. The summed E-state index contributed by atoms with van der Waals surface area (Å²) in [6.45, 7) is 4.13. The Morgan fingerprint density at radius 3 is 2.13 bits per heavy atom. The molecule has 23 heavy (non-hydrogen) atoms. The highest BCUT2D eigenvalue weighted by Gasteiger charge is 2.52. The average Bonchev–Trinajstić information content (AvgIpc) is 3.20. The van der Waals surface area contributed by atoms with Crippen molar-refractivity contribution in [2.24, 2.45) is 35.5 Å². The Kier molecular flexibility index (Phi) is 3.83. The number of esters is 1. The summed E-state index contributed by atoms with van der Waals surface area (Å²) in [6.07, 6.45) is 11.6. The van der Waals surface area contributed by atoms with Crippen molar-refractivity contribution in [2.45, 2.75) is 70.5 Å². The summed E-state index contributed by atoms with van der Waals surface area (Å²) in [5.74, 6) is 3.46. The number of rotatable bonds is 3. The maximum absolute atomic E-state index is 12.7. The van der Waals surface area contributed by atoms with Gasteiger partial charge in [0.25, 0.3) is 0 Å². The molecule has 4 aliphatic carbocycles. The number of hydrogen-bond acceptors (Lipinski definition) is 3. The second kappa shape index (κ2) is 5.61. The highest BCUT2D eigenvalue weighted by Crippen LogP contribution is 2.57. The van der Waals surface area contributed by atoms with Gasteiger partial charge in [0, 0.05) is 0 Å². The van der Waals surface area contributed by atoms with E-state index in [1.165, 1.54) is 6.42 Å². The van der Waals surface area contributed by atoms with Gasteiger partial charge < -0.3 is 9.84 Å². The van der Waals surface area contributed by atoms with Crippen LogP contribution < -0.4 is 0 Å². The first-order valence-electron chi connectivity index (χ1n) is 9.53. The van der Waals surface area contributed by atoms with E-state index in [9.17, 15) is 9.90 Å². The van der Waals surface area contributed by atoms with Gasteiger partial charge in [-0.3, -0.25) is 4.79 Å². The average molecular weight is 318 g/mol. The Labute approximate surface area is 139 Å².